The van der Waals surface area contributed by atoms with Gasteiger partial charge in [0.2, 0.25) is 11.8 Å². The fourth-order valence-corrected chi connectivity index (χ4v) is 6.13. The maximum absolute atomic E-state index is 13.4. The molecule has 3 N–H and O–H groups in total. The van der Waals surface area contributed by atoms with Crippen LogP contribution >= 0.6 is 0 Å². The van der Waals surface area contributed by atoms with Crippen LogP contribution in [0, 0.1) is 40.7 Å². The Morgan fingerprint density at radius 2 is 1.85 bits per heavy atom. The molecule has 0 unspecified atom stereocenters. The molecule has 8 heteroatoms. The van der Waals surface area contributed by atoms with Crippen molar-refractivity contribution in [1.29, 1.82) is 0 Å². The molecule has 2 amide bonds. The molecule has 0 bridgehead atoms. The summed E-state index contributed by atoms with van der Waals surface area (Å²) in [6.07, 6.45) is 2.68. The minimum Gasteiger partial charge on any atom is -0.392 e. The van der Waals surface area contributed by atoms with Crippen LogP contribution in [0.15, 0.2) is 18.2 Å². The second-order valence-electron chi connectivity index (χ2n) is 10.2. The van der Waals surface area contributed by atoms with Gasteiger partial charge in [0.25, 0.3) is 0 Å². The number of benzene rings is 1. The van der Waals surface area contributed by atoms with Gasteiger partial charge in [0.05, 0.1) is 6.10 Å². The molecule has 0 radical (unpaired) electrons. The Kier molecular flexibility index (Phi) is 8.11. The van der Waals surface area contributed by atoms with Crippen molar-refractivity contribution in [3.8, 4) is 0 Å². The van der Waals surface area contributed by atoms with Gasteiger partial charge in [-0.15, -0.1) is 0 Å². The number of halogens is 2. The first-order valence-electron chi connectivity index (χ1n) is 11.7. The number of aliphatic hydroxyl groups is 1. The normalized spacial score (nSPS) is 32.5. The van der Waals surface area contributed by atoms with Gasteiger partial charge in [0.15, 0.2) is 0 Å². The van der Waals surface area contributed by atoms with E-state index in [4.69, 9.17) is 4.74 Å². The Bertz CT molecular complexity index is 847. The first kappa shape index (κ1) is 25.6. The number of methoxy groups -OCH3 is 1. The lowest BCUT2D eigenvalue weighted by atomic mass is 9.51. The molecule has 184 valence electrons. The quantitative estimate of drug-likeness (QED) is 0.576. The molecule has 0 heterocycles. The topological polar surface area (TPSA) is 87.7 Å². The summed E-state index contributed by atoms with van der Waals surface area (Å²) in [6, 6.07) is 3.12. The first-order valence-corrected chi connectivity index (χ1v) is 11.7. The molecular weight excluding hydrogens is 430 g/mol. The van der Waals surface area contributed by atoms with Crippen molar-refractivity contribution in [3.05, 3.63) is 35.4 Å². The SMILES string of the molecule is COCC(=O)N[C@H]1CC[C@]2(C)CC[C@H]([C@H](C)C(=O)NCc3cc(F)cc(F)c3)[C@H](O)[C@H]2[C@@H]1C. The summed E-state index contributed by atoms with van der Waals surface area (Å²) in [4.78, 5) is 24.9. The molecule has 33 heavy (non-hydrogen) atoms. The van der Waals surface area contributed by atoms with Gasteiger partial charge in [0.1, 0.15) is 18.2 Å². The third kappa shape index (κ3) is 5.72. The minimum absolute atomic E-state index is 0.00273. The highest BCUT2D eigenvalue weighted by atomic mass is 19.1. The Balaban J connectivity index is 1.66. The van der Waals surface area contributed by atoms with Gasteiger partial charge in [-0.25, -0.2) is 8.78 Å². The van der Waals surface area contributed by atoms with Crippen molar-refractivity contribution in [2.75, 3.05) is 13.7 Å². The van der Waals surface area contributed by atoms with E-state index < -0.39 is 23.7 Å². The predicted molar refractivity (Wildman–Crippen MR) is 120 cm³/mol. The molecule has 2 aliphatic carbocycles. The summed E-state index contributed by atoms with van der Waals surface area (Å²) in [5.41, 5.74) is 0.299. The highest BCUT2D eigenvalue weighted by Gasteiger charge is 2.53. The number of amides is 2. The van der Waals surface area contributed by atoms with Crippen LogP contribution in [-0.2, 0) is 20.9 Å². The van der Waals surface area contributed by atoms with E-state index in [1.165, 1.54) is 19.2 Å². The van der Waals surface area contributed by atoms with Crippen molar-refractivity contribution in [3.63, 3.8) is 0 Å². The van der Waals surface area contributed by atoms with Gasteiger partial charge >= 0.3 is 0 Å². The largest absolute Gasteiger partial charge is 0.392 e. The van der Waals surface area contributed by atoms with E-state index in [2.05, 4.69) is 24.5 Å². The number of carbonyl (C=O) groups excluding carboxylic acids is 2. The van der Waals surface area contributed by atoms with Crippen LogP contribution in [0.5, 0.6) is 0 Å². The average Bonchev–Trinajstić information content (AvgIpc) is 2.73. The number of hydrogen-bond acceptors (Lipinski definition) is 4. The van der Waals surface area contributed by atoms with E-state index in [0.29, 0.717) is 5.56 Å². The van der Waals surface area contributed by atoms with Crippen LogP contribution in [0.25, 0.3) is 0 Å². The third-order valence-corrected chi connectivity index (χ3v) is 7.95. The Hall–Kier alpha value is -2.06. The number of aliphatic hydroxyl groups excluding tert-OH is 1. The van der Waals surface area contributed by atoms with Crippen molar-refractivity contribution >= 4 is 11.8 Å². The summed E-state index contributed by atoms with van der Waals surface area (Å²) >= 11 is 0. The molecule has 2 fully saturated rings. The highest BCUT2D eigenvalue weighted by Crippen LogP contribution is 2.55. The number of carbonyl (C=O) groups is 2. The molecule has 1 aromatic rings. The summed E-state index contributed by atoms with van der Waals surface area (Å²) in [7, 11) is 1.48. The van der Waals surface area contributed by atoms with E-state index in [1.807, 2.05) is 0 Å². The van der Waals surface area contributed by atoms with Crippen LogP contribution in [0.4, 0.5) is 8.78 Å². The van der Waals surface area contributed by atoms with Crippen molar-refractivity contribution in [2.45, 2.75) is 65.1 Å². The summed E-state index contributed by atoms with van der Waals surface area (Å²) in [5, 5.41) is 17.2. The Morgan fingerprint density at radius 3 is 2.48 bits per heavy atom. The van der Waals surface area contributed by atoms with E-state index in [1.54, 1.807) is 6.92 Å². The second-order valence-corrected chi connectivity index (χ2v) is 10.2. The Morgan fingerprint density at radius 1 is 1.21 bits per heavy atom. The van der Waals surface area contributed by atoms with Crippen LogP contribution < -0.4 is 10.6 Å². The Labute approximate surface area is 194 Å². The molecule has 7 atom stereocenters. The molecule has 3 rings (SSSR count). The van der Waals surface area contributed by atoms with Crippen LogP contribution in [0.1, 0.15) is 52.0 Å². The third-order valence-electron chi connectivity index (χ3n) is 7.95. The fourth-order valence-electron chi connectivity index (χ4n) is 6.13. The van der Waals surface area contributed by atoms with Crippen LogP contribution in [0.2, 0.25) is 0 Å². The summed E-state index contributed by atoms with van der Waals surface area (Å²) in [5.74, 6) is -2.48. The summed E-state index contributed by atoms with van der Waals surface area (Å²) in [6.45, 7) is 6.08. The highest BCUT2D eigenvalue weighted by molar-refractivity contribution is 5.78. The maximum Gasteiger partial charge on any atom is 0.246 e. The molecule has 1 aromatic carbocycles. The van der Waals surface area contributed by atoms with E-state index in [9.17, 15) is 23.5 Å². The zero-order valence-corrected chi connectivity index (χ0v) is 19.9. The predicted octanol–water partition coefficient (Wildman–Crippen LogP) is 3.17. The zero-order chi connectivity index (χ0) is 24.3. The smallest absolute Gasteiger partial charge is 0.246 e. The monoisotopic (exact) mass is 466 g/mol. The van der Waals surface area contributed by atoms with Gasteiger partial charge in [-0.05, 0) is 66.5 Å². The van der Waals surface area contributed by atoms with Gasteiger partial charge in [-0.1, -0.05) is 20.8 Å². The molecule has 0 spiro atoms. The number of rotatable bonds is 7. The van der Waals surface area contributed by atoms with Gasteiger partial charge in [-0.3, -0.25) is 9.59 Å². The van der Waals surface area contributed by atoms with Crippen molar-refractivity contribution < 1.29 is 28.2 Å². The molecule has 2 saturated carbocycles. The standard InChI is InChI=1S/C25H36F2N2O4/c1-14(24(32)28-12-16-9-17(26)11-18(27)10-16)19-5-7-25(3)8-6-20(29-21(30)13-33-4)15(2)22(25)23(19)31/h9-11,14-15,19-20,22-23,31H,5-8,12-13H2,1-4H3,(H,28,32)(H,29,30)/t14-,15+,19+,20-,22+,23-,25-/m0/s1. The molecule has 0 aromatic heterocycles. The zero-order valence-electron chi connectivity index (χ0n) is 19.9. The fraction of sp³-hybridized carbons (Fsp3) is 0.680. The lowest BCUT2D eigenvalue weighted by molar-refractivity contribution is -0.144. The van der Waals surface area contributed by atoms with E-state index >= 15 is 0 Å². The molecule has 0 aliphatic heterocycles. The summed E-state index contributed by atoms with van der Waals surface area (Å²) < 4.78 is 31.8. The van der Waals surface area contributed by atoms with Gasteiger partial charge in [0, 0.05) is 31.7 Å². The molecule has 6 nitrogen and oxygen atoms in total. The van der Waals surface area contributed by atoms with Gasteiger partial charge in [-0.2, -0.15) is 0 Å². The van der Waals surface area contributed by atoms with Crippen LogP contribution in [-0.4, -0.2) is 42.8 Å². The van der Waals surface area contributed by atoms with Gasteiger partial charge < -0.3 is 20.5 Å². The maximum atomic E-state index is 13.4. The molecular formula is C25H36F2N2O4. The molecule has 2 aliphatic rings. The lowest BCUT2D eigenvalue weighted by Gasteiger charge is -2.56. The van der Waals surface area contributed by atoms with Crippen molar-refractivity contribution in [1.82, 2.24) is 10.6 Å². The van der Waals surface area contributed by atoms with E-state index in [-0.39, 0.29) is 54.2 Å². The van der Waals surface area contributed by atoms with Crippen LogP contribution in [0.3, 0.4) is 0 Å². The number of fused-ring (bicyclic) bond motifs is 1. The lowest BCUT2D eigenvalue weighted by Crippen LogP contribution is -2.58. The number of ether oxygens (including phenoxy) is 1. The van der Waals surface area contributed by atoms with Crippen molar-refractivity contribution in [2.24, 2.45) is 29.1 Å². The molecule has 0 saturated heterocycles. The minimum atomic E-state index is -0.687. The number of nitrogens with one attached hydrogen (secondary N) is 2. The second kappa shape index (κ2) is 10.5. The average molecular weight is 467 g/mol. The first-order chi connectivity index (χ1) is 15.6. The van der Waals surface area contributed by atoms with E-state index in [0.717, 1.165) is 31.7 Å². The number of hydrogen-bond donors (Lipinski definition) is 3.